The second-order valence-electron chi connectivity index (χ2n) is 5.82. The molecule has 0 saturated carbocycles. The summed E-state index contributed by atoms with van der Waals surface area (Å²) >= 11 is 6.00. The quantitative estimate of drug-likeness (QED) is 0.837. The SMILES string of the molecule is Cc1c(Cl)cccc1NC(=O)C(=O)NCC1CCN(C)CC1. The molecule has 5 nitrogen and oxygen atoms in total. The number of likely N-dealkylation sites (tertiary alicyclic amines) is 1. The summed E-state index contributed by atoms with van der Waals surface area (Å²) in [5, 5.41) is 5.88. The van der Waals surface area contributed by atoms with Crippen molar-refractivity contribution in [3.05, 3.63) is 28.8 Å². The van der Waals surface area contributed by atoms with E-state index in [9.17, 15) is 9.59 Å². The maximum Gasteiger partial charge on any atom is 0.313 e. The maximum atomic E-state index is 11.9. The fraction of sp³-hybridized carbons (Fsp3) is 0.500. The van der Waals surface area contributed by atoms with Crippen LogP contribution in [0.25, 0.3) is 0 Å². The number of halogens is 1. The molecule has 1 aromatic rings. The first-order valence-electron chi connectivity index (χ1n) is 7.50. The first-order chi connectivity index (χ1) is 10.5. The van der Waals surface area contributed by atoms with Crippen molar-refractivity contribution in [1.82, 2.24) is 10.2 Å². The lowest BCUT2D eigenvalue weighted by molar-refractivity contribution is -0.136. The van der Waals surface area contributed by atoms with E-state index in [1.54, 1.807) is 25.1 Å². The van der Waals surface area contributed by atoms with Crippen LogP contribution in [0.4, 0.5) is 5.69 Å². The summed E-state index contributed by atoms with van der Waals surface area (Å²) in [4.78, 5) is 26.1. The van der Waals surface area contributed by atoms with Crippen LogP contribution in [0.15, 0.2) is 18.2 Å². The van der Waals surface area contributed by atoms with Gasteiger partial charge in [0.2, 0.25) is 0 Å². The molecule has 1 saturated heterocycles. The summed E-state index contributed by atoms with van der Waals surface area (Å²) in [7, 11) is 2.09. The molecular formula is C16H22ClN3O2. The van der Waals surface area contributed by atoms with Crippen molar-refractivity contribution in [1.29, 1.82) is 0 Å². The minimum Gasteiger partial charge on any atom is -0.348 e. The third-order valence-corrected chi connectivity index (χ3v) is 4.52. The summed E-state index contributed by atoms with van der Waals surface area (Å²) in [5.74, 6) is -0.808. The molecule has 2 N–H and O–H groups in total. The van der Waals surface area contributed by atoms with E-state index < -0.39 is 11.8 Å². The summed E-state index contributed by atoms with van der Waals surface area (Å²) < 4.78 is 0. The molecule has 1 aliphatic heterocycles. The largest absolute Gasteiger partial charge is 0.348 e. The van der Waals surface area contributed by atoms with Gasteiger partial charge < -0.3 is 15.5 Å². The summed E-state index contributed by atoms with van der Waals surface area (Å²) in [5.41, 5.74) is 1.31. The number of nitrogens with one attached hydrogen (secondary N) is 2. The van der Waals surface area contributed by atoms with E-state index in [2.05, 4.69) is 22.6 Å². The number of hydrogen-bond donors (Lipinski definition) is 2. The Morgan fingerprint density at radius 3 is 2.64 bits per heavy atom. The molecule has 0 spiro atoms. The van der Waals surface area contributed by atoms with E-state index >= 15 is 0 Å². The topological polar surface area (TPSA) is 61.4 Å². The highest BCUT2D eigenvalue weighted by molar-refractivity contribution is 6.40. The van der Waals surface area contributed by atoms with Gasteiger partial charge in [-0.15, -0.1) is 0 Å². The number of amides is 2. The second kappa shape index (κ2) is 7.61. The Hall–Kier alpha value is -1.59. The van der Waals surface area contributed by atoms with Gasteiger partial charge in [-0.25, -0.2) is 0 Å². The van der Waals surface area contributed by atoms with Crippen molar-refractivity contribution in [2.45, 2.75) is 19.8 Å². The molecule has 1 aromatic carbocycles. The third kappa shape index (κ3) is 4.45. The zero-order valence-electron chi connectivity index (χ0n) is 13.0. The van der Waals surface area contributed by atoms with Crippen molar-refractivity contribution in [3.8, 4) is 0 Å². The Kier molecular flexibility index (Phi) is 5.80. The molecule has 0 aliphatic carbocycles. The van der Waals surface area contributed by atoms with Gasteiger partial charge in [-0.05, 0) is 63.5 Å². The molecule has 120 valence electrons. The van der Waals surface area contributed by atoms with Gasteiger partial charge in [0, 0.05) is 17.3 Å². The average Bonchev–Trinajstić information content (AvgIpc) is 2.51. The van der Waals surface area contributed by atoms with Gasteiger partial charge in [0.1, 0.15) is 0 Å². The lowest BCUT2D eigenvalue weighted by atomic mass is 9.97. The zero-order chi connectivity index (χ0) is 16.1. The lowest BCUT2D eigenvalue weighted by Gasteiger charge is -2.28. The highest BCUT2D eigenvalue weighted by atomic mass is 35.5. The van der Waals surface area contributed by atoms with Gasteiger partial charge in [-0.3, -0.25) is 9.59 Å². The van der Waals surface area contributed by atoms with Crippen molar-refractivity contribution < 1.29 is 9.59 Å². The lowest BCUT2D eigenvalue weighted by Crippen LogP contribution is -2.41. The Labute approximate surface area is 136 Å². The van der Waals surface area contributed by atoms with Crippen molar-refractivity contribution in [3.63, 3.8) is 0 Å². The number of hydrogen-bond acceptors (Lipinski definition) is 3. The highest BCUT2D eigenvalue weighted by Gasteiger charge is 2.20. The van der Waals surface area contributed by atoms with E-state index in [0.717, 1.165) is 31.5 Å². The summed E-state index contributed by atoms with van der Waals surface area (Å²) in [6.07, 6.45) is 2.09. The molecule has 0 atom stereocenters. The van der Waals surface area contributed by atoms with Gasteiger partial charge in [-0.2, -0.15) is 0 Å². The number of carbonyl (C=O) groups is 2. The van der Waals surface area contributed by atoms with E-state index in [4.69, 9.17) is 11.6 Å². The van der Waals surface area contributed by atoms with E-state index in [-0.39, 0.29) is 0 Å². The minimum absolute atomic E-state index is 0.445. The Morgan fingerprint density at radius 1 is 1.27 bits per heavy atom. The van der Waals surface area contributed by atoms with Crippen molar-refractivity contribution in [2.24, 2.45) is 5.92 Å². The molecule has 0 radical (unpaired) electrons. The number of piperidine rings is 1. The zero-order valence-corrected chi connectivity index (χ0v) is 13.7. The number of rotatable bonds is 3. The fourth-order valence-electron chi connectivity index (χ4n) is 2.51. The van der Waals surface area contributed by atoms with Crippen LogP contribution in [0.5, 0.6) is 0 Å². The molecule has 22 heavy (non-hydrogen) atoms. The minimum atomic E-state index is -0.654. The Balaban J connectivity index is 1.82. The van der Waals surface area contributed by atoms with Crippen LogP contribution in [-0.2, 0) is 9.59 Å². The fourth-order valence-corrected chi connectivity index (χ4v) is 2.68. The standard InChI is InChI=1S/C16H22ClN3O2/c1-11-13(17)4-3-5-14(11)19-16(22)15(21)18-10-12-6-8-20(2)9-7-12/h3-5,12H,6-10H2,1-2H3,(H,18,21)(H,19,22). The number of anilines is 1. The van der Waals surface area contributed by atoms with Crippen molar-refractivity contribution in [2.75, 3.05) is 32.0 Å². The Morgan fingerprint density at radius 2 is 1.95 bits per heavy atom. The molecule has 0 unspecified atom stereocenters. The molecule has 0 bridgehead atoms. The van der Waals surface area contributed by atoms with E-state index in [1.807, 2.05) is 0 Å². The first-order valence-corrected chi connectivity index (χ1v) is 7.88. The molecule has 2 amide bonds. The highest BCUT2D eigenvalue weighted by Crippen LogP contribution is 2.22. The maximum absolute atomic E-state index is 11.9. The van der Waals surface area contributed by atoms with Crippen LogP contribution in [0.2, 0.25) is 5.02 Å². The molecule has 2 rings (SSSR count). The van der Waals surface area contributed by atoms with Gasteiger partial charge in [0.05, 0.1) is 0 Å². The van der Waals surface area contributed by atoms with Crippen molar-refractivity contribution >= 4 is 29.1 Å². The Bertz CT molecular complexity index is 554. The molecule has 1 aliphatic rings. The smallest absolute Gasteiger partial charge is 0.313 e. The second-order valence-corrected chi connectivity index (χ2v) is 6.23. The van der Waals surface area contributed by atoms with Gasteiger partial charge >= 0.3 is 11.8 Å². The van der Waals surface area contributed by atoms with Crippen LogP contribution < -0.4 is 10.6 Å². The summed E-state index contributed by atoms with van der Waals surface area (Å²) in [6.45, 7) is 4.42. The van der Waals surface area contributed by atoms with Crippen LogP contribution in [0.3, 0.4) is 0 Å². The predicted octanol–water partition coefficient (Wildman–Crippen LogP) is 2.04. The van der Waals surface area contributed by atoms with Gasteiger partial charge in [0.15, 0.2) is 0 Å². The number of benzene rings is 1. The van der Waals surface area contributed by atoms with E-state index in [1.165, 1.54) is 0 Å². The number of nitrogens with zero attached hydrogens (tertiary/aromatic N) is 1. The van der Waals surface area contributed by atoms with Gasteiger partial charge in [-0.1, -0.05) is 17.7 Å². The molecule has 1 heterocycles. The molecule has 0 aromatic heterocycles. The third-order valence-electron chi connectivity index (χ3n) is 4.11. The van der Waals surface area contributed by atoms with Crippen LogP contribution in [-0.4, -0.2) is 43.4 Å². The molecule has 6 heteroatoms. The first kappa shape index (κ1) is 16.8. The predicted molar refractivity (Wildman–Crippen MR) is 88.0 cm³/mol. The van der Waals surface area contributed by atoms with Crippen LogP contribution >= 0.6 is 11.6 Å². The monoisotopic (exact) mass is 323 g/mol. The summed E-state index contributed by atoms with van der Waals surface area (Å²) in [6, 6.07) is 5.21. The average molecular weight is 324 g/mol. The molecular weight excluding hydrogens is 302 g/mol. The van der Waals surface area contributed by atoms with E-state index in [0.29, 0.717) is 23.2 Å². The normalized spacial score (nSPS) is 16.3. The van der Waals surface area contributed by atoms with Crippen LogP contribution in [0.1, 0.15) is 18.4 Å². The number of carbonyl (C=O) groups excluding carboxylic acids is 2. The van der Waals surface area contributed by atoms with Crippen LogP contribution in [0, 0.1) is 12.8 Å². The molecule has 1 fully saturated rings. The van der Waals surface area contributed by atoms with Gasteiger partial charge in [0.25, 0.3) is 0 Å².